The highest BCUT2D eigenvalue weighted by Gasteiger charge is 2.10. The molecule has 0 saturated carbocycles. The Hall–Kier alpha value is -0.930. The van der Waals surface area contributed by atoms with Crippen molar-refractivity contribution in [1.29, 1.82) is 0 Å². The van der Waals surface area contributed by atoms with Crippen molar-refractivity contribution in [3.05, 3.63) is 30.1 Å². The first-order valence-corrected chi connectivity index (χ1v) is 5.14. The van der Waals surface area contributed by atoms with Crippen LogP contribution in [0.15, 0.2) is 24.5 Å². The summed E-state index contributed by atoms with van der Waals surface area (Å²) in [5.74, 6) is 0. The second kappa shape index (κ2) is 5.73. The van der Waals surface area contributed by atoms with Crippen LogP contribution in [0.4, 0.5) is 0 Å². The predicted octanol–water partition coefficient (Wildman–Crippen LogP) is 1.47. The molecule has 1 heterocycles. The van der Waals surface area contributed by atoms with Crippen LogP contribution in [0.3, 0.4) is 0 Å². The summed E-state index contributed by atoms with van der Waals surface area (Å²) >= 11 is 0. The number of nitrogens with two attached hydrogens (primary N) is 1. The summed E-state index contributed by atoms with van der Waals surface area (Å²) in [5, 5.41) is 3.47. The molecule has 2 unspecified atom stereocenters. The maximum absolute atomic E-state index is 5.72. The number of pyridine rings is 1. The molecule has 78 valence electrons. The highest BCUT2D eigenvalue weighted by atomic mass is 15.0. The summed E-state index contributed by atoms with van der Waals surface area (Å²) in [7, 11) is 0. The van der Waals surface area contributed by atoms with Crippen molar-refractivity contribution in [2.75, 3.05) is 6.54 Å². The summed E-state index contributed by atoms with van der Waals surface area (Å²) in [6.45, 7) is 4.93. The van der Waals surface area contributed by atoms with Crippen LogP contribution >= 0.6 is 0 Å². The van der Waals surface area contributed by atoms with E-state index in [2.05, 4.69) is 30.2 Å². The zero-order chi connectivity index (χ0) is 10.4. The molecule has 0 aliphatic carbocycles. The molecule has 1 aromatic rings. The molecule has 2 atom stereocenters. The Balaban J connectivity index is 2.63. The van der Waals surface area contributed by atoms with E-state index in [1.807, 2.05) is 12.3 Å². The van der Waals surface area contributed by atoms with Gasteiger partial charge in [-0.15, -0.1) is 0 Å². The minimum Gasteiger partial charge on any atom is -0.329 e. The number of nitrogens with one attached hydrogen (secondary N) is 1. The van der Waals surface area contributed by atoms with Crippen molar-refractivity contribution < 1.29 is 0 Å². The molecule has 0 spiro atoms. The molecule has 0 radical (unpaired) electrons. The van der Waals surface area contributed by atoms with Crippen LogP contribution in [0.2, 0.25) is 0 Å². The van der Waals surface area contributed by atoms with Crippen LogP contribution < -0.4 is 11.1 Å². The smallest absolute Gasteiger partial charge is 0.0461 e. The minimum absolute atomic E-state index is 0.221. The van der Waals surface area contributed by atoms with E-state index in [4.69, 9.17) is 5.73 Å². The van der Waals surface area contributed by atoms with Gasteiger partial charge < -0.3 is 11.1 Å². The normalized spacial score (nSPS) is 15.1. The zero-order valence-electron chi connectivity index (χ0n) is 8.90. The molecule has 3 nitrogen and oxygen atoms in total. The molecular formula is C11H19N3. The average molecular weight is 193 g/mol. The highest BCUT2D eigenvalue weighted by molar-refractivity contribution is 5.14. The molecular weight excluding hydrogens is 174 g/mol. The molecule has 0 aliphatic rings. The van der Waals surface area contributed by atoms with Gasteiger partial charge in [-0.2, -0.15) is 0 Å². The standard InChI is InChI=1S/C11H19N3/c1-3-9(2)14-11(7-12)10-5-4-6-13-8-10/h4-6,8-9,11,14H,3,7,12H2,1-2H3. The maximum atomic E-state index is 5.72. The molecule has 1 aromatic heterocycles. The van der Waals surface area contributed by atoms with Crippen molar-refractivity contribution in [3.8, 4) is 0 Å². The molecule has 3 heteroatoms. The van der Waals surface area contributed by atoms with Crippen LogP contribution in [0.5, 0.6) is 0 Å². The van der Waals surface area contributed by atoms with Crippen LogP contribution in [-0.2, 0) is 0 Å². The third-order valence-electron chi connectivity index (χ3n) is 2.42. The Morgan fingerprint density at radius 1 is 1.57 bits per heavy atom. The second-order valence-electron chi connectivity index (χ2n) is 3.55. The van der Waals surface area contributed by atoms with E-state index in [0.717, 1.165) is 12.0 Å². The third kappa shape index (κ3) is 3.09. The lowest BCUT2D eigenvalue weighted by atomic mass is 10.1. The summed E-state index contributed by atoms with van der Waals surface area (Å²) < 4.78 is 0. The number of hydrogen-bond acceptors (Lipinski definition) is 3. The van der Waals surface area contributed by atoms with Crippen molar-refractivity contribution in [3.63, 3.8) is 0 Å². The first-order valence-electron chi connectivity index (χ1n) is 5.14. The Labute approximate surface area is 85.7 Å². The summed E-state index contributed by atoms with van der Waals surface area (Å²) in [6.07, 6.45) is 4.75. The topological polar surface area (TPSA) is 50.9 Å². The zero-order valence-corrected chi connectivity index (χ0v) is 8.90. The van der Waals surface area contributed by atoms with E-state index in [1.54, 1.807) is 6.20 Å². The van der Waals surface area contributed by atoms with Gasteiger partial charge in [0.1, 0.15) is 0 Å². The molecule has 0 amide bonds. The van der Waals surface area contributed by atoms with Gasteiger partial charge in [0, 0.05) is 31.0 Å². The van der Waals surface area contributed by atoms with Gasteiger partial charge in [0.25, 0.3) is 0 Å². The summed E-state index contributed by atoms with van der Waals surface area (Å²) in [6, 6.07) is 4.71. The van der Waals surface area contributed by atoms with Gasteiger partial charge in [-0.25, -0.2) is 0 Å². The van der Waals surface area contributed by atoms with Crippen LogP contribution in [0.1, 0.15) is 31.9 Å². The van der Waals surface area contributed by atoms with Crippen molar-refractivity contribution >= 4 is 0 Å². The van der Waals surface area contributed by atoms with Gasteiger partial charge >= 0.3 is 0 Å². The molecule has 1 rings (SSSR count). The Morgan fingerprint density at radius 3 is 2.86 bits per heavy atom. The van der Waals surface area contributed by atoms with Crippen LogP contribution in [0, 0.1) is 0 Å². The van der Waals surface area contributed by atoms with Gasteiger partial charge in [0.15, 0.2) is 0 Å². The van der Waals surface area contributed by atoms with E-state index in [9.17, 15) is 0 Å². The lowest BCUT2D eigenvalue weighted by Crippen LogP contribution is -2.34. The number of rotatable bonds is 5. The van der Waals surface area contributed by atoms with E-state index < -0.39 is 0 Å². The number of hydrogen-bond donors (Lipinski definition) is 2. The van der Waals surface area contributed by atoms with Crippen LogP contribution in [0.25, 0.3) is 0 Å². The summed E-state index contributed by atoms with van der Waals surface area (Å²) in [5.41, 5.74) is 6.88. The van der Waals surface area contributed by atoms with Crippen molar-refractivity contribution in [2.24, 2.45) is 5.73 Å². The second-order valence-corrected chi connectivity index (χ2v) is 3.55. The fraction of sp³-hybridized carbons (Fsp3) is 0.545. The lowest BCUT2D eigenvalue weighted by molar-refractivity contribution is 0.451. The molecule has 0 aromatic carbocycles. The highest BCUT2D eigenvalue weighted by Crippen LogP contribution is 2.10. The average Bonchev–Trinajstić information content (AvgIpc) is 2.26. The monoisotopic (exact) mass is 193 g/mol. The van der Waals surface area contributed by atoms with Gasteiger partial charge in [-0.1, -0.05) is 13.0 Å². The van der Waals surface area contributed by atoms with E-state index in [-0.39, 0.29) is 6.04 Å². The van der Waals surface area contributed by atoms with E-state index >= 15 is 0 Å². The molecule has 0 saturated heterocycles. The number of nitrogens with zero attached hydrogens (tertiary/aromatic N) is 1. The molecule has 14 heavy (non-hydrogen) atoms. The molecule has 0 aliphatic heterocycles. The van der Waals surface area contributed by atoms with Gasteiger partial charge in [0.05, 0.1) is 0 Å². The molecule has 0 bridgehead atoms. The minimum atomic E-state index is 0.221. The van der Waals surface area contributed by atoms with E-state index in [1.165, 1.54) is 0 Å². The van der Waals surface area contributed by atoms with Gasteiger partial charge in [-0.05, 0) is 25.0 Å². The first kappa shape index (κ1) is 11.1. The fourth-order valence-corrected chi connectivity index (χ4v) is 1.34. The third-order valence-corrected chi connectivity index (χ3v) is 2.42. The summed E-state index contributed by atoms with van der Waals surface area (Å²) in [4.78, 5) is 4.09. The van der Waals surface area contributed by atoms with Gasteiger partial charge in [-0.3, -0.25) is 4.98 Å². The van der Waals surface area contributed by atoms with E-state index in [0.29, 0.717) is 12.6 Å². The van der Waals surface area contributed by atoms with Crippen molar-refractivity contribution in [2.45, 2.75) is 32.4 Å². The number of aromatic nitrogens is 1. The quantitative estimate of drug-likeness (QED) is 0.744. The lowest BCUT2D eigenvalue weighted by Gasteiger charge is -2.21. The molecule has 0 fully saturated rings. The first-order chi connectivity index (χ1) is 6.77. The Kier molecular flexibility index (Phi) is 4.56. The maximum Gasteiger partial charge on any atom is 0.0461 e. The van der Waals surface area contributed by atoms with Crippen LogP contribution in [-0.4, -0.2) is 17.6 Å². The fourth-order valence-electron chi connectivity index (χ4n) is 1.34. The van der Waals surface area contributed by atoms with Gasteiger partial charge in [0.2, 0.25) is 0 Å². The Morgan fingerprint density at radius 2 is 2.36 bits per heavy atom. The predicted molar refractivity (Wildman–Crippen MR) is 58.9 cm³/mol. The van der Waals surface area contributed by atoms with Crippen molar-refractivity contribution in [1.82, 2.24) is 10.3 Å². The SMILES string of the molecule is CCC(C)NC(CN)c1cccnc1. The largest absolute Gasteiger partial charge is 0.329 e. The molecule has 3 N–H and O–H groups in total. The Bertz CT molecular complexity index is 248.